The van der Waals surface area contributed by atoms with Crippen LogP contribution in [0.1, 0.15) is 61.1 Å². The molecule has 1 aliphatic heterocycles. The van der Waals surface area contributed by atoms with Gasteiger partial charge in [0.1, 0.15) is 0 Å². The lowest BCUT2D eigenvalue weighted by atomic mass is 9.64. The highest BCUT2D eigenvalue weighted by molar-refractivity contribution is 5.96. The van der Waals surface area contributed by atoms with Crippen molar-refractivity contribution in [2.45, 2.75) is 33.1 Å². The van der Waals surface area contributed by atoms with Crippen LogP contribution in [0.2, 0.25) is 0 Å². The van der Waals surface area contributed by atoms with Gasteiger partial charge in [0, 0.05) is 5.69 Å². The summed E-state index contributed by atoms with van der Waals surface area (Å²) in [6, 6.07) is 44.1. The van der Waals surface area contributed by atoms with Crippen molar-refractivity contribution in [3.63, 3.8) is 0 Å². The SMILES string of the molecule is CC.CC.N#Cc1ccc2c(c1)C1(c3cc(C#N)ccc3-2)c2ccccc2N(c2ccccc2)c2ccccc21. The summed E-state index contributed by atoms with van der Waals surface area (Å²) in [6.07, 6.45) is 0. The highest BCUT2D eigenvalue weighted by Crippen LogP contribution is 2.63. The number of rotatable bonds is 1. The second-order valence-electron chi connectivity index (χ2n) is 9.20. The van der Waals surface area contributed by atoms with Crippen molar-refractivity contribution in [1.29, 1.82) is 10.5 Å². The van der Waals surface area contributed by atoms with Gasteiger partial charge < -0.3 is 4.90 Å². The molecule has 0 bridgehead atoms. The summed E-state index contributed by atoms with van der Waals surface area (Å²) >= 11 is 0. The lowest BCUT2D eigenvalue weighted by molar-refractivity contribution is 0.752. The van der Waals surface area contributed by atoms with Crippen LogP contribution in [0.15, 0.2) is 115 Å². The van der Waals surface area contributed by atoms with Gasteiger partial charge in [-0.3, -0.25) is 0 Å². The molecule has 1 heterocycles. The fourth-order valence-corrected chi connectivity index (χ4v) is 6.14. The maximum Gasteiger partial charge on any atom is 0.0991 e. The molecule has 0 N–H and O–H groups in total. The molecule has 0 amide bonds. The molecule has 0 aromatic heterocycles. The zero-order valence-corrected chi connectivity index (χ0v) is 23.3. The van der Waals surface area contributed by atoms with Gasteiger partial charge >= 0.3 is 0 Å². The van der Waals surface area contributed by atoms with E-state index in [-0.39, 0.29) is 0 Å². The number of benzene rings is 5. The molecule has 194 valence electrons. The van der Waals surface area contributed by atoms with Crippen LogP contribution in [0.5, 0.6) is 0 Å². The van der Waals surface area contributed by atoms with Crippen molar-refractivity contribution >= 4 is 17.1 Å². The van der Waals surface area contributed by atoms with E-state index >= 15 is 0 Å². The largest absolute Gasteiger partial charge is 0.310 e. The zero-order valence-electron chi connectivity index (χ0n) is 23.3. The molecule has 0 atom stereocenters. The van der Waals surface area contributed by atoms with Crippen LogP contribution in [0.3, 0.4) is 0 Å². The Morgan fingerprint density at radius 3 is 1.38 bits per heavy atom. The van der Waals surface area contributed by atoms with Crippen molar-refractivity contribution in [2.75, 3.05) is 4.90 Å². The van der Waals surface area contributed by atoms with Crippen LogP contribution in [-0.2, 0) is 5.41 Å². The van der Waals surface area contributed by atoms with Crippen molar-refractivity contribution in [2.24, 2.45) is 0 Å². The van der Waals surface area contributed by atoms with E-state index in [0.717, 1.165) is 50.4 Å². The molecule has 3 nitrogen and oxygen atoms in total. The van der Waals surface area contributed by atoms with E-state index in [1.807, 2.05) is 58.0 Å². The molecule has 5 aromatic rings. The molecular weight excluding hydrogens is 486 g/mol. The summed E-state index contributed by atoms with van der Waals surface area (Å²) in [6.45, 7) is 8.00. The van der Waals surface area contributed by atoms with Gasteiger partial charge in [-0.2, -0.15) is 10.5 Å². The maximum absolute atomic E-state index is 9.83. The summed E-state index contributed by atoms with van der Waals surface area (Å²) < 4.78 is 0. The Labute approximate surface area is 237 Å². The Morgan fingerprint density at radius 1 is 0.500 bits per heavy atom. The summed E-state index contributed by atoms with van der Waals surface area (Å²) in [5, 5.41) is 19.7. The number of anilines is 3. The normalized spacial score (nSPS) is 12.6. The monoisotopic (exact) mass is 517 g/mol. The number of hydrogen-bond donors (Lipinski definition) is 0. The summed E-state index contributed by atoms with van der Waals surface area (Å²) in [7, 11) is 0. The third kappa shape index (κ3) is 3.71. The minimum absolute atomic E-state index is 0.627. The van der Waals surface area contributed by atoms with Crippen LogP contribution in [-0.4, -0.2) is 0 Å². The van der Waals surface area contributed by atoms with Crippen LogP contribution < -0.4 is 4.90 Å². The van der Waals surface area contributed by atoms with Gasteiger partial charge in [-0.05, 0) is 81.9 Å². The van der Waals surface area contributed by atoms with Crippen molar-refractivity contribution in [3.05, 3.63) is 149 Å². The van der Waals surface area contributed by atoms with E-state index in [0.29, 0.717) is 11.1 Å². The van der Waals surface area contributed by atoms with Crippen LogP contribution in [0.4, 0.5) is 17.1 Å². The Balaban J connectivity index is 0.000000774. The average molecular weight is 518 g/mol. The minimum Gasteiger partial charge on any atom is -0.310 e. The number of nitriles is 2. The van der Waals surface area contributed by atoms with E-state index < -0.39 is 5.41 Å². The Bertz CT molecular complexity index is 1660. The van der Waals surface area contributed by atoms with E-state index in [2.05, 4.69) is 102 Å². The van der Waals surface area contributed by atoms with Gasteiger partial charge in [0.15, 0.2) is 0 Å². The molecule has 3 heteroatoms. The molecule has 0 fully saturated rings. The van der Waals surface area contributed by atoms with Gasteiger partial charge in [-0.25, -0.2) is 0 Å². The average Bonchev–Trinajstić information content (AvgIpc) is 3.33. The molecule has 40 heavy (non-hydrogen) atoms. The molecule has 1 aliphatic carbocycles. The predicted molar refractivity (Wildman–Crippen MR) is 164 cm³/mol. The Hall–Kier alpha value is -5.12. The molecule has 2 aliphatic rings. The highest BCUT2D eigenvalue weighted by Gasteiger charge is 2.51. The van der Waals surface area contributed by atoms with Gasteiger partial charge in [0.05, 0.1) is 40.1 Å². The number of nitrogens with zero attached hydrogens (tertiary/aromatic N) is 3. The van der Waals surface area contributed by atoms with Crippen molar-refractivity contribution in [1.82, 2.24) is 0 Å². The first-order valence-electron chi connectivity index (χ1n) is 13.9. The molecule has 5 aromatic carbocycles. The molecular formula is C37H31N3. The van der Waals surface area contributed by atoms with Crippen LogP contribution in [0, 0.1) is 22.7 Å². The van der Waals surface area contributed by atoms with Gasteiger partial charge in [0.2, 0.25) is 0 Å². The third-order valence-corrected chi connectivity index (χ3v) is 7.51. The smallest absolute Gasteiger partial charge is 0.0991 e. The van der Waals surface area contributed by atoms with Crippen molar-refractivity contribution < 1.29 is 0 Å². The quantitative estimate of drug-likeness (QED) is 0.218. The maximum atomic E-state index is 9.83. The van der Waals surface area contributed by atoms with Gasteiger partial charge in [-0.1, -0.05) is 94.4 Å². The molecule has 0 saturated carbocycles. The van der Waals surface area contributed by atoms with Crippen LogP contribution >= 0.6 is 0 Å². The first kappa shape index (κ1) is 26.5. The first-order chi connectivity index (χ1) is 19.8. The number of para-hydroxylation sites is 3. The summed E-state index contributed by atoms with van der Waals surface area (Å²) in [5.41, 5.74) is 10.5. The standard InChI is InChI=1S/C33H19N3.2C2H6/c34-20-22-14-16-25-26-17-15-23(21-35)19-30(26)33(29(25)18-22)27-10-4-6-12-31(27)36(24-8-2-1-3-9-24)32-13-7-5-11-28(32)33;2*1-2/h1-19H;2*1-2H3. The summed E-state index contributed by atoms with van der Waals surface area (Å²) in [4.78, 5) is 2.32. The van der Waals surface area contributed by atoms with E-state index in [1.165, 1.54) is 0 Å². The predicted octanol–water partition coefficient (Wildman–Crippen LogP) is 9.63. The molecule has 0 radical (unpaired) electrons. The highest BCUT2D eigenvalue weighted by atomic mass is 15.2. The molecule has 0 unspecified atom stereocenters. The first-order valence-corrected chi connectivity index (χ1v) is 13.9. The molecule has 0 saturated heterocycles. The Kier molecular flexibility index (Phi) is 7.24. The number of hydrogen-bond acceptors (Lipinski definition) is 3. The fourth-order valence-electron chi connectivity index (χ4n) is 6.14. The number of fused-ring (bicyclic) bond motifs is 9. The van der Waals surface area contributed by atoms with Gasteiger partial charge in [0.25, 0.3) is 0 Å². The van der Waals surface area contributed by atoms with E-state index in [9.17, 15) is 10.5 Å². The fraction of sp³-hybridized carbons (Fsp3) is 0.135. The second-order valence-corrected chi connectivity index (χ2v) is 9.20. The molecule has 1 spiro atoms. The zero-order chi connectivity index (χ0) is 28.3. The minimum atomic E-state index is -0.650. The van der Waals surface area contributed by atoms with E-state index in [1.54, 1.807) is 0 Å². The summed E-state index contributed by atoms with van der Waals surface area (Å²) in [5.74, 6) is 0. The Morgan fingerprint density at radius 2 is 0.925 bits per heavy atom. The van der Waals surface area contributed by atoms with Gasteiger partial charge in [-0.15, -0.1) is 0 Å². The lowest BCUT2D eigenvalue weighted by Crippen LogP contribution is -2.36. The lowest BCUT2D eigenvalue weighted by Gasteiger charge is -2.45. The van der Waals surface area contributed by atoms with E-state index in [4.69, 9.17) is 0 Å². The van der Waals surface area contributed by atoms with Crippen LogP contribution in [0.25, 0.3) is 11.1 Å². The second kappa shape index (κ2) is 10.9. The topological polar surface area (TPSA) is 50.8 Å². The third-order valence-electron chi connectivity index (χ3n) is 7.51. The van der Waals surface area contributed by atoms with Crippen molar-refractivity contribution in [3.8, 4) is 23.3 Å². The molecule has 7 rings (SSSR count).